The average Bonchev–Trinajstić information content (AvgIpc) is 3.06. The highest BCUT2D eigenvalue weighted by atomic mass is 32.2. The zero-order chi connectivity index (χ0) is 21.1. The van der Waals surface area contributed by atoms with Crippen LogP contribution < -0.4 is 5.73 Å². The van der Waals surface area contributed by atoms with E-state index in [2.05, 4.69) is 14.3 Å². The van der Waals surface area contributed by atoms with E-state index in [1.807, 2.05) is 0 Å². The van der Waals surface area contributed by atoms with Gasteiger partial charge < -0.3 is 10.8 Å². The van der Waals surface area contributed by atoms with Crippen molar-refractivity contribution in [2.75, 3.05) is 12.8 Å². The van der Waals surface area contributed by atoms with Crippen molar-refractivity contribution < 1.29 is 31.5 Å². The minimum atomic E-state index is -4.84. The molecule has 0 unspecified atom stereocenters. The highest BCUT2D eigenvalue weighted by molar-refractivity contribution is 7.90. The van der Waals surface area contributed by atoms with E-state index in [0.29, 0.717) is 11.6 Å². The smallest absolute Gasteiger partial charge is 0.430 e. The minimum absolute atomic E-state index is 0.0303. The summed E-state index contributed by atoms with van der Waals surface area (Å²) in [5.74, 6) is -1.63. The van der Waals surface area contributed by atoms with Gasteiger partial charge >= 0.3 is 12.1 Å². The van der Waals surface area contributed by atoms with Crippen molar-refractivity contribution in [1.29, 1.82) is 0 Å². The Morgan fingerprint density at radius 3 is 2.64 bits per heavy atom. The first-order valence-corrected chi connectivity index (χ1v) is 9.99. The Morgan fingerprint density at radius 1 is 1.39 bits per heavy atom. The van der Waals surface area contributed by atoms with Gasteiger partial charge in [0.15, 0.2) is 15.7 Å². The van der Waals surface area contributed by atoms with E-state index < -0.39 is 39.9 Å². The van der Waals surface area contributed by atoms with E-state index >= 15 is 0 Å². The zero-order valence-electron chi connectivity index (χ0n) is 14.1. The zero-order valence-corrected chi connectivity index (χ0v) is 15.8. The number of sulfone groups is 1. The topological polar surface area (TPSA) is 136 Å². The van der Waals surface area contributed by atoms with Gasteiger partial charge in [-0.1, -0.05) is 12.1 Å². The lowest BCUT2D eigenvalue weighted by atomic mass is 10.2. The number of aliphatic carboxylic acids is 1. The van der Waals surface area contributed by atoms with Crippen LogP contribution in [0.15, 0.2) is 45.9 Å². The van der Waals surface area contributed by atoms with Crippen LogP contribution in [-0.2, 0) is 14.6 Å². The van der Waals surface area contributed by atoms with Gasteiger partial charge in [0.1, 0.15) is 23.0 Å². The van der Waals surface area contributed by atoms with E-state index in [1.165, 1.54) is 18.2 Å². The molecule has 150 valence electrons. The molecule has 28 heavy (non-hydrogen) atoms. The van der Waals surface area contributed by atoms with Crippen LogP contribution in [0.1, 0.15) is 5.82 Å². The quantitative estimate of drug-likeness (QED) is 0.663. The number of hydrogen-bond donors (Lipinski definition) is 2. The second-order valence-corrected chi connectivity index (χ2v) is 8.18. The van der Waals surface area contributed by atoms with Crippen molar-refractivity contribution in [2.24, 2.45) is 10.7 Å². The van der Waals surface area contributed by atoms with Crippen LogP contribution in [0.3, 0.4) is 0 Å². The Bertz CT molecular complexity index is 1060. The largest absolute Gasteiger partial charge is 0.480 e. The van der Waals surface area contributed by atoms with Crippen molar-refractivity contribution in [3.63, 3.8) is 0 Å². The van der Waals surface area contributed by atoms with Crippen LogP contribution in [0.4, 0.5) is 13.2 Å². The van der Waals surface area contributed by atoms with Gasteiger partial charge in [-0.05, 0) is 29.7 Å². The molecule has 0 fully saturated rings. The molecule has 1 heterocycles. The minimum Gasteiger partial charge on any atom is -0.480 e. The van der Waals surface area contributed by atoms with Gasteiger partial charge in [-0.15, -0.1) is 0 Å². The van der Waals surface area contributed by atoms with Gasteiger partial charge in [-0.2, -0.15) is 17.5 Å². The number of aromatic nitrogens is 2. The Hall–Kier alpha value is -2.80. The maximum Gasteiger partial charge on any atom is 0.430 e. The van der Waals surface area contributed by atoms with Gasteiger partial charge in [0.25, 0.3) is 0 Å². The van der Waals surface area contributed by atoms with Gasteiger partial charge in [0.05, 0.1) is 4.90 Å². The van der Waals surface area contributed by atoms with Gasteiger partial charge in [0, 0.05) is 11.8 Å². The number of carboxylic acid groups (broad SMARTS) is 1. The van der Waals surface area contributed by atoms with Crippen LogP contribution in [-0.4, -0.2) is 53.5 Å². The standard InChI is InChI=1S/C15H13F3N4O4S2/c1-28(25,26)9-4-2-3-8(5-9)14-21-13(22-27-14)10(20-7-12(23)24)6-11(19)15(16,17)18/h2-6H,7,19H2,1H3,(H,23,24). The second-order valence-electron chi connectivity index (χ2n) is 5.42. The summed E-state index contributed by atoms with van der Waals surface area (Å²) < 4.78 is 65.3. The third-order valence-corrected chi connectivity index (χ3v) is 5.04. The van der Waals surface area contributed by atoms with E-state index in [-0.39, 0.29) is 15.7 Å². The fraction of sp³-hybridized carbons (Fsp3) is 0.200. The van der Waals surface area contributed by atoms with E-state index in [9.17, 15) is 26.4 Å². The molecule has 0 saturated heterocycles. The van der Waals surface area contributed by atoms with Gasteiger partial charge in [0.2, 0.25) is 0 Å². The predicted octanol–water partition coefficient (Wildman–Crippen LogP) is 1.89. The summed E-state index contributed by atoms with van der Waals surface area (Å²) in [6.07, 6.45) is -3.37. The molecule has 3 N–H and O–H groups in total. The molecule has 0 radical (unpaired) electrons. The lowest BCUT2D eigenvalue weighted by molar-refractivity contribution is -0.135. The van der Waals surface area contributed by atoms with Crippen molar-refractivity contribution in [2.45, 2.75) is 11.1 Å². The number of aliphatic imine (C=N–C) groups is 1. The Kier molecular flexibility index (Phi) is 6.19. The fourth-order valence-corrected chi connectivity index (χ4v) is 3.20. The number of halogens is 3. The molecule has 0 aliphatic rings. The maximum atomic E-state index is 12.7. The summed E-state index contributed by atoms with van der Waals surface area (Å²) in [6.45, 7) is -0.810. The lowest BCUT2D eigenvalue weighted by Crippen LogP contribution is -2.21. The van der Waals surface area contributed by atoms with Crippen molar-refractivity contribution in [3.8, 4) is 10.6 Å². The number of hydrogen-bond acceptors (Lipinski definition) is 8. The molecule has 0 atom stereocenters. The summed E-state index contributed by atoms with van der Waals surface area (Å²) in [7, 11) is -3.48. The summed E-state index contributed by atoms with van der Waals surface area (Å²) in [5.41, 5.74) is 3.39. The molecule has 1 aromatic carbocycles. The third-order valence-electron chi connectivity index (χ3n) is 3.17. The summed E-state index contributed by atoms with van der Waals surface area (Å²) in [4.78, 5) is 18.3. The predicted molar refractivity (Wildman–Crippen MR) is 95.8 cm³/mol. The molecule has 0 aliphatic heterocycles. The molecular formula is C15H13F3N4O4S2. The summed E-state index contributed by atoms with van der Waals surface area (Å²) in [5, 5.41) is 8.93. The Labute approximate surface area is 161 Å². The molecule has 0 spiro atoms. The normalized spacial score (nSPS) is 13.6. The van der Waals surface area contributed by atoms with Crippen LogP contribution in [0.25, 0.3) is 10.6 Å². The number of benzene rings is 1. The van der Waals surface area contributed by atoms with Crippen LogP contribution in [0, 0.1) is 0 Å². The van der Waals surface area contributed by atoms with Gasteiger partial charge in [-0.3, -0.25) is 9.79 Å². The second kappa shape index (κ2) is 8.06. The lowest BCUT2D eigenvalue weighted by Gasteiger charge is -2.06. The maximum absolute atomic E-state index is 12.7. The molecule has 2 aromatic rings. The summed E-state index contributed by atoms with van der Waals surface area (Å²) in [6, 6.07) is 5.75. The van der Waals surface area contributed by atoms with E-state index in [4.69, 9.17) is 10.8 Å². The molecule has 0 bridgehead atoms. The highest BCUT2D eigenvalue weighted by Crippen LogP contribution is 2.25. The molecule has 8 nitrogen and oxygen atoms in total. The van der Waals surface area contributed by atoms with Crippen molar-refractivity contribution in [3.05, 3.63) is 41.9 Å². The Balaban J connectivity index is 2.47. The summed E-state index contributed by atoms with van der Waals surface area (Å²) >= 11 is 0.784. The fourth-order valence-electron chi connectivity index (χ4n) is 1.87. The van der Waals surface area contributed by atoms with Crippen molar-refractivity contribution >= 4 is 33.1 Å². The first-order chi connectivity index (χ1) is 12.9. The number of carboxylic acids is 1. The number of allylic oxidation sites excluding steroid dienone is 2. The van der Waals surface area contributed by atoms with Crippen LogP contribution >= 0.6 is 11.5 Å². The third kappa shape index (κ3) is 5.60. The number of nitrogens with two attached hydrogens (primary N) is 1. The number of alkyl halides is 3. The number of rotatable bonds is 6. The highest BCUT2D eigenvalue weighted by Gasteiger charge is 2.32. The molecular weight excluding hydrogens is 421 g/mol. The Morgan fingerprint density at radius 2 is 2.07 bits per heavy atom. The first kappa shape index (κ1) is 21.5. The molecule has 0 saturated carbocycles. The van der Waals surface area contributed by atoms with Crippen molar-refractivity contribution in [1.82, 2.24) is 9.36 Å². The molecule has 13 heteroatoms. The van der Waals surface area contributed by atoms with E-state index in [1.54, 1.807) is 6.07 Å². The van der Waals surface area contributed by atoms with Crippen LogP contribution in [0.2, 0.25) is 0 Å². The molecule has 0 aliphatic carbocycles. The number of nitrogens with zero attached hydrogens (tertiary/aromatic N) is 3. The van der Waals surface area contributed by atoms with Crippen LogP contribution in [0.5, 0.6) is 0 Å². The SMILES string of the molecule is CS(=O)(=O)c1cccc(-c2nc(C(C=C(N)C(F)(F)F)=NCC(=O)O)ns2)c1. The monoisotopic (exact) mass is 434 g/mol. The van der Waals surface area contributed by atoms with Gasteiger partial charge in [-0.25, -0.2) is 13.4 Å². The molecule has 1 aromatic heterocycles. The molecule has 0 amide bonds. The number of carbonyl (C=O) groups is 1. The first-order valence-electron chi connectivity index (χ1n) is 7.33. The average molecular weight is 434 g/mol. The molecule has 2 rings (SSSR count). The van der Waals surface area contributed by atoms with E-state index in [0.717, 1.165) is 17.8 Å².